The highest BCUT2D eigenvalue weighted by Gasteiger charge is 2.34. The molecule has 3 heterocycles. The fourth-order valence-corrected chi connectivity index (χ4v) is 4.18. The van der Waals surface area contributed by atoms with Crippen molar-refractivity contribution in [3.8, 4) is 0 Å². The summed E-state index contributed by atoms with van der Waals surface area (Å²) in [5.41, 5.74) is 12.5. The van der Waals surface area contributed by atoms with Gasteiger partial charge >= 0.3 is 6.09 Å². The number of rotatable bonds is 10. The van der Waals surface area contributed by atoms with Gasteiger partial charge in [0.25, 0.3) is 0 Å². The minimum Gasteiger partial charge on any atom is -0.444 e. The summed E-state index contributed by atoms with van der Waals surface area (Å²) in [4.78, 5) is 38.3. The Bertz CT molecular complexity index is 1290. The lowest BCUT2D eigenvalue weighted by atomic mass is 10.1. The lowest BCUT2D eigenvalue weighted by molar-refractivity contribution is -0.126. The Hall–Kier alpha value is -4.03. The number of amides is 3. The van der Waals surface area contributed by atoms with Crippen LogP contribution in [0.1, 0.15) is 57.1 Å². The van der Waals surface area contributed by atoms with Crippen LogP contribution in [0, 0.1) is 0 Å². The SMILES string of the molecule is C.CC(C)(N)C(=O)N[C@H](COCc1ccccc1)c1nnc2ccc(COC(=O)N3CCC[C@@H]3C(N)=O)cn12. The molecule has 1 aliphatic rings. The lowest BCUT2D eigenvalue weighted by Gasteiger charge is -2.23. The summed E-state index contributed by atoms with van der Waals surface area (Å²) in [5.74, 6) is -0.479. The van der Waals surface area contributed by atoms with Gasteiger partial charge in [-0.3, -0.25) is 18.9 Å². The standard InChI is InChI=1S/C26H33N7O5.CH4/c1-26(2,28)24(35)29-19(16-37-14-17-7-4-3-5-8-17)23-31-30-21-11-10-18(13-33(21)23)15-38-25(36)32-12-6-9-20(32)22(27)34;/h3-5,7-8,10-11,13,19-20H,6,9,12,14-16,28H2,1-2H3,(H2,27,34)(H,29,35);1H4/t19-,20-;/m1./s1. The van der Waals surface area contributed by atoms with Crippen LogP contribution < -0.4 is 16.8 Å². The van der Waals surface area contributed by atoms with E-state index in [-0.39, 0.29) is 26.5 Å². The third-order valence-corrected chi connectivity index (χ3v) is 6.27. The molecule has 210 valence electrons. The molecule has 1 aliphatic heterocycles. The van der Waals surface area contributed by atoms with Crippen LogP contribution in [-0.2, 0) is 32.3 Å². The number of carbonyl (C=O) groups is 3. The highest BCUT2D eigenvalue weighted by molar-refractivity contribution is 5.85. The van der Waals surface area contributed by atoms with E-state index < -0.39 is 29.6 Å². The van der Waals surface area contributed by atoms with Crippen molar-refractivity contribution in [2.24, 2.45) is 11.5 Å². The fourth-order valence-electron chi connectivity index (χ4n) is 4.18. The number of aromatic nitrogens is 3. The van der Waals surface area contributed by atoms with Gasteiger partial charge in [0.1, 0.15) is 18.7 Å². The molecular formula is C27H37N7O5. The zero-order chi connectivity index (χ0) is 27.3. The number of pyridine rings is 1. The van der Waals surface area contributed by atoms with Crippen molar-refractivity contribution >= 4 is 23.6 Å². The second-order valence-electron chi connectivity index (χ2n) is 9.88. The number of nitrogens with one attached hydrogen (secondary N) is 1. The quantitative estimate of drug-likeness (QED) is 0.352. The molecular weight excluding hydrogens is 502 g/mol. The normalized spacial score (nSPS) is 16.0. The number of nitrogens with two attached hydrogens (primary N) is 2. The van der Waals surface area contributed by atoms with Crippen LogP contribution >= 0.6 is 0 Å². The van der Waals surface area contributed by atoms with E-state index in [9.17, 15) is 14.4 Å². The number of primary amides is 1. The average Bonchev–Trinajstić information content (AvgIpc) is 3.54. The molecule has 0 spiro atoms. The van der Waals surface area contributed by atoms with Crippen molar-refractivity contribution in [2.45, 2.75) is 65.0 Å². The maximum Gasteiger partial charge on any atom is 0.410 e. The highest BCUT2D eigenvalue weighted by Crippen LogP contribution is 2.20. The topological polar surface area (TPSA) is 167 Å². The van der Waals surface area contributed by atoms with E-state index in [1.165, 1.54) is 4.90 Å². The van der Waals surface area contributed by atoms with Crippen molar-refractivity contribution in [1.29, 1.82) is 0 Å². The van der Waals surface area contributed by atoms with E-state index in [0.717, 1.165) is 5.56 Å². The van der Waals surface area contributed by atoms with Crippen molar-refractivity contribution in [2.75, 3.05) is 13.2 Å². The number of fused-ring (bicyclic) bond motifs is 1. The van der Waals surface area contributed by atoms with E-state index in [2.05, 4.69) is 15.5 Å². The Kier molecular flexibility index (Phi) is 9.60. The van der Waals surface area contributed by atoms with Gasteiger partial charge in [0.05, 0.1) is 18.8 Å². The van der Waals surface area contributed by atoms with Crippen molar-refractivity contribution in [1.82, 2.24) is 24.8 Å². The van der Waals surface area contributed by atoms with Crippen LogP contribution in [0.5, 0.6) is 0 Å². The van der Waals surface area contributed by atoms with Crippen molar-refractivity contribution < 1.29 is 23.9 Å². The summed E-state index contributed by atoms with van der Waals surface area (Å²) in [7, 11) is 0. The maximum absolute atomic E-state index is 12.7. The smallest absolute Gasteiger partial charge is 0.410 e. The first-order valence-corrected chi connectivity index (χ1v) is 12.4. The second-order valence-corrected chi connectivity index (χ2v) is 9.88. The maximum atomic E-state index is 12.7. The zero-order valence-electron chi connectivity index (χ0n) is 21.5. The summed E-state index contributed by atoms with van der Waals surface area (Å²) >= 11 is 0. The summed E-state index contributed by atoms with van der Waals surface area (Å²) < 4.78 is 13.1. The second kappa shape index (κ2) is 12.7. The molecule has 3 aromatic rings. The Morgan fingerprint density at radius 1 is 1.10 bits per heavy atom. The molecule has 12 heteroatoms. The summed E-state index contributed by atoms with van der Waals surface area (Å²) in [6, 6.07) is 11.9. The molecule has 2 atom stereocenters. The number of benzene rings is 1. The van der Waals surface area contributed by atoms with Crippen LogP contribution in [-0.4, -0.2) is 62.1 Å². The Morgan fingerprint density at radius 3 is 2.54 bits per heavy atom. The van der Waals surface area contributed by atoms with Crippen LogP contribution in [0.15, 0.2) is 48.7 Å². The van der Waals surface area contributed by atoms with Crippen molar-refractivity contribution in [3.05, 3.63) is 65.6 Å². The van der Waals surface area contributed by atoms with E-state index in [0.29, 0.717) is 43.0 Å². The largest absolute Gasteiger partial charge is 0.444 e. The van der Waals surface area contributed by atoms with E-state index in [1.807, 2.05) is 30.3 Å². The van der Waals surface area contributed by atoms with Crippen LogP contribution in [0.3, 0.4) is 0 Å². The first-order valence-electron chi connectivity index (χ1n) is 12.4. The third kappa shape index (κ3) is 7.30. The molecule has 39 heavy (non-hydrogen) atoms. The van der Waals surface area contributed by atoms with Gasteiger partial charge in [0.15, 0.2) is 11.5 Å². The molecule has 0 radical (unpaired) electrons. The monoisotopic (exact) mass is 539 g/mol. The molecule has 12 nitrogen and oxygen atoms in total. The van der Waals surface area contributed by atoms with Gasteiger partial charge in [0.2, 0.25) is 11.8 Å². The Balaban J connectivity index is 0.00000420. The van der Waals surface area contributed by atoms with Crippen LogP contribution in [0.4, 0.5) is 4.79 Å². The number of likely N-dealkylation sites (tertiary alicyclic amines) is 1. The molecule has 0 saturated carbocycles. The van der Waals surface area contributed by atoms with Gasteiger partial charge in [-0.05, 0) is 38.3 Å². The molecule has 5 N–H and O–H groups in total. The highest BCUT2D eigenvalue weighted by atomic mass is 16.6. The molecule has 0 unspecified atom stereocenters. The molecule has 4 rings (SSSR count). The predicted molar refractivity (Wildman–Crippen MR) is 144 cm³/mol. The first kappa shape index (κ1) is 29.5. The zero-order valence-corrected chi connectivity index (χ0v) is 21.5. The summed E-state index contributed by atoms with van der Waals surface area (Å²) in [6.07, 6.45) is 2.36. The number of hydrogen-bond donors (Lipinski definition) is 3. The van der Waals surface area contributed by atoms with E-state index >= 15 is 0 Å². The molecule has 1 fully saturated rings. The average molecular weight is 540 g/mol. The van der Waals surface area contributed by atoms with Crippen LogP contribution in [0.2, 0.25) is 0 Å². The molecule has 0 bridgehead atoms. The molecule has 3 amide bonds. The van der Waals surface area contributed by atoms with Gasteiger partial charge in [0, 0.05) is 18.3 Å². The first-order chi connectivity index (χ1) is 18.1. The lowest BCUT2D eigenvalue weighted by Crippen LogP contribution is -2.50. The minimum atomic E-state index is -1.12. The van der Waals surface area contributed by atoms with Crippen LogP contribution in [0.25, 0.3) is 5.65 Å². The van der Waals surface area contributed by atoms with E-state index in [1.54, 1.807) is 36.6 Å². The Labute approximate surface area is 227 Å². The van der Waals surface area contributed by atoms with Gasteiger partial charge in [-0.25, -0.2) is 4.79 Å². The molecule has 0 aliphatic carbocycles. The Morgan fingerprint density at radius 2 is 1.85 bits per heavy atom. The van der Waals surface area contributed by atoms with Gasteiger partial charge in [-0.2, -0.15) is 0 Å². The number of ether oxygens (including phenoxy) is 2. The van der Waals surface area contributed by atoms with Gasteiger partial charge in [-0.15, -0.1) is 10.2 Å². The fraction of sp³-hybridized carbons (Fsp3) is 0.444. The van der Waals surface area contributed by atoms with Gasteiger partial charge < -0.3 is 26.3 Å². The predicted octanol–water partition coefficient (Wildman–Crippen LogP) is 2.06. The third-order valence-electron chi connectivity index (χ3n) is 6.27. The minimum absolute atomic E-state index is 0. The van der Waals surface area contributed by atoms with Crippen molar-refractivity contribution in [3.63, 3.8) is 0 Å². The number of nitrogens with zero attached hydrogens (tertiary/aromatic N) is 4. The number of carbonyl (C=O) groups excluding carboxylic acids is 3. The summed E-state index contributed by atoms with van der Waals surface area (Å²) in [6.45, 7) is 4.08. The van der Waals surface area contributed by atoms with Gasteiger partial charge in [-0.1, -0.05) is 43.8 Å². The molecule has 1 aromatic carbocycles. The summed E-state index contributed by atoms with van der Waals surface area (Å²) in [5, 5.41) is 11.4. The molecule has 2 aromatic heterocycles. The number of hydrogen-bond acceptors (Lipinski definition) is 8. The molecule has 1 saturated heterocycles. The van der Waals surface area contributed by atoms with E-state index in [4.69, 9.17) is 20.9 Å².